The molecule has 2 aromatic carbocycles. The maximum absolute atomic E-state index is 12.2. The topological polar surface area (TPSA) is 41.6 Å². The van der Waals surface area contributed by atoms with E-state index in [0.717, 1.165) is 18.0 Å². The lowest BCUT2D eigenvalue weighted by Crippen LogP contribution is -2.33. The summed E-state index contributed by atoms with van der Waals surface area (Å²) < 4.78 is 5.60. The number of amides is 1. The first-order valence-electron chi connectivity index (χ1n) is 9.92. The summed E-state index contributed by atoms with van der Waals surface area (Å²) in [6.07, 6.45) is 2.62. The highest BCUT2D eigenvalue weighted by atomic mass is 16.5. The van der Waals surface area contributed by atoms with Crippen molar-refractivity contribution in [2.24, 2.45) is 5.92 Å². The SMILES string of the molecule is CC1CCCN(Cc2ccc(C(=O)NCCOCc3ccccc3)cc2)C1. The molecule has 4 heteroatoms. The molecular weight excluding hydrogens is 336 g/mol. The van der Waals surface area contributed by atoms with E-state index >= 15 is 0 Å². The number of hydrogen-bond donors (Lipinski definition) is 1. The van der Waals surface area contributed by atoms with Crippen LogP contribution in [0.2, 0.25) is 0 Å². The van der Waals surface area contributed by atoms with Gasteiger partial charge in [-0.2, -0.15) is 0 Å². The van der Waals surface area contributed by atoms with Crippen molar-refractivity contribution in [1.29, 1.82) is 0 Å². The van der Waals surface area contributed by atoms with Gasteiger partial charge in [0.2, 0.25) is 0 Å². The first-order chi connectivity index (χ1) is 13.2. The van der Waals surface area contributed by atoms with E-state index in [1.165, 1.54) is 31.5 Å². The van der Waals surface area contributed by atoms with Gasteiger partial charge in [-0.05, 0) is 48.6 Å². The van der Waals surface area contributed by atoms with Crippen LogP contribution in [0.3, 0.4) is 0 Å². The van der Waals surface area contributed by atoms with Gasteiger partial charge in [0.15, 0.2) is 0 Å². The summed E-state index contributed by atoms with van der Waals surface area (Å²) in [5.41, 5.74) is 3.11. The summed E-state index contributed by atoms with van der Waals surface area (Å²) in [7, 11) is 0. The summed E-state index contributed by atoms with van der Waals surface area (Å²) in [5, 5.41) is 2.92. The van der Waals surface area contributed by atoms with E-state index in [-0.39, 0.29) is 5.91 Å². The molecule has 1 unspecified atom stereocenters. The van der Waals surface area contributed by atoms with Crippen LogP contribution < -0.4 is 5.32 Å². The molecule has 1 aliphatic heterocycles. The number of hydrogen-bond acceptors (Lipinski definition) is 3. The van der Waals surface area contributed by atoms with Crippen molar-refractivity contribution in [3.8, 4) is 0 Å². The Morgan fingerprint density at radius 3 is 2.63 bits per heavy atom. The van der Waals surface area contributed by atoms with Gasteiger partial charge in [-0.25, -0.2) is 0 Å². The number of likely N-dealkylation sites (tertiary alicyclic amines) is 1. The van der Waals surface area contributed by atoms with E-state index in [2.05, 4.69) is 29.3 Å². The normalized spacial score (nSPS) is 17.6. The quantitative estimate of drug-likeness (QED) is 0.721. The Bertz CT molecular complexity index is 700. The van der Waals surface area contributed by atoms with Gasteiger partial charge < -0.3 is 10.1 Å². The third-order valence-electron chi connectivity index (χ3n) is 5.01. The third-order valence-corrected chi connectivity index (χ3v) is 5.01. The van der Waals surface area contributed by atoms with E-state index in [9.17, 15) is 4.79 Å². The highest BCUT2D eigenvalue weighted by Crippen LogP contribution is 2.18. The van der Waals surface area contributed by atoms with Crippen LogP contribution in [0.5, 0.6) is 0 Å². The zero-order chi connectivity index (χ0) is 18.9. The van der Waals surface area contributed by atoms with Gasteiger partial charge in [0.1, 0.15) is 0 Å². The second-order valence-electron chi connectivity index (χ2n) is 7.47. The first-order valence-corrected chi connectivity index (χ1v) is 9.92. The number of benzene rings is 2. The maximum atomic E-state index is 12.2. The Morgan fingerprint density at radius 1 is 1.11 bits per heavy atom. The van der Waals surface area contributed by atoms with E-state index in [1.807, 2.05) is 42.5 Å². The van der Waals surface area contributed by atoms with Crippen molar-refractivity contribution in [3.63, 3.8) is 0 Å². The summed E-state index contributed by atoms with van der Waals surface area (Å²) in [5.74, 6) is 0.740. The van der Waals surface area contributed by atoms with Gasteiger partial charge in [0, 0.05) is 25.2 Å². The Balaban J connectivity index is 1.37. The summed E-state index contributed by atoms with van der Waals surface area (Å²) in [4.78, 5) is 14.8. The molecule has 3 rings (SSSR count). The van der Waals surface area contributed by atoms with Gasteiger partial charge in [-0.3, -0.25) is 9.69 Å². The summed E-state index contributed by atoms with van der Waals surface area (Å²) in [6, 6.07) is 18.0. The Kier molecular flexibility index (Phi) is 7.43. The standard InChI is InChI=1S/C23H30N2O2/c1-19-6-5-14-25(16-19)17-20-9-11-22(12-10-20)23(26)24-13-15-27-18-21-7-3-2-4-8-21/h2-4,7-12,19H,5-6,13-18H2,1H3,(H,24,26). The van der Waals surface area contributed by atoms with Crippen molar-refractivity contribution in [2.45, 2.75) is 32.9 Å². The molecule has 144 valence electrons. The fourth-order valence-electron chi connectivity index (χ4n) is 3.55. The molecule has 0 bridgehead atoms. The molecule has 0 saturated carbocycles. The molecule has 2 aromatic rings. The molecule has 4 nitrogen and oxygen atoms in total. The highest BCUT2D eigenvalue weighted by Gasteiger charge is 2.16. The number of carbonyl (C=O) groups excluding carboxylic acids is 1. The van der Waals surface area contributed by atoms with Gasteiger partial charge in [0.25, 0.3) is 5.91 Å². The minimum atomic E-state index is -0.0449. The molecule has 0 radical (unpaired) electrons. The van der Waals surface area contributed by atoms with E-state index in [4.69, 9.17) is 4.74 Å². The zero-order valence-corrected chi connectivity index (χ0v) is 16.2. The fourth-order valence-corrected chi connectivity index (χ4v) is 3.55. The Labute approximate surface area is 162 Å². The van der Waals surface area contributed by atoms with Crippen molar-refractivity contribution in [2.75, 3.05) is 26.2 Å². The van der Waals surface area contributed by atoms with Crippen LogP contribution in [0, 0.1) is 5.92 Å². The largest absolute Gasteiger partial charge is 0.375 e. The molecule has 1 amide bonds. The third kappa shape index (κ3) is 6.49. The van der Waals surface area contributed by atoms with E-state index in [1.54, 1.807) is 0 Å². The average molecular weight is 367 g/mol. The maximum Gasteiger partial charge on any atom is 0.251 e. The van der Waals surface area contributed by atoms with Gasteiger partial charge in [-0.1, -0.05) is 49.4 Å². The minimum Gasteiger partial charge on any atom is -0.375 e. The van der Waals surface area contributed by atoms with Gasteiger partial charge >= 0.3 is 0 Å². The minimum absolute atomic E-state index is 0.0449. The van der Waals surface area contributed by atoms with Gasteiger partial charge in [-0.15, -0.1) is 0 Å². The smallest absolute Gasteiger partial charge is 0.251 e. The highest BCUT2D eigenvalue weighted by molar-refractivity contribution is 5.94. The van der Waals surface area contributed by atoms with Crippen LogP contribution >= 0.6 is 0 Å². The average Bonchev–Trinajstić information content (AvgIpc) is 2.69. The molecule has 1 saturated heterocycles. The molecule has 0 aromatic heterocycles. The molecule has 0 spiro atoms. The van der Waals surface area contributed by atoms with Crippen LogP contribution in [0.1, 0.15) is 41.3 Å². The lowest BCUT2D eigenvalue weighted by molar-refractivity contribution is 0.0901. The van der Waals surface area contributed by atoms with Crippen molar-refractivity contribution in [3.05, 3.63) is 71.3 Å². The molecule has 1 atom stereocenters. The number of rotatable bonds is 8. The molecule has 1 aliphatic rings. The molecular formula is C23H30N2O2. The number of piperidine rings is 1. The van der Waals surface area contributed by atoms with E-state index < -0.39 is 0 Å². The fraction of sp³-hybridized carbons (Fsp3) is 0.435. The lowest BCUT2D eigenvalue weighted by atomic mass is 9.99. The van der Waals surface area contributed by atoms with Gasteiger partial charge in [0.05, 0.1) is 13.2 Å². The van der Waals surface area contributed by atoms with Crippen LogP contribution in [-0.2, 0) is 17.9 Å². The predicted molar refractivity (Wildman–Crippen MR) is 109 cm³/mol. The number of nitrogens with one attached hydrogen (secondary N) is 1. The summed E-state index contributed by atoms with van der Waals surface area (Å²) in [6.45, 7) is 7.23. The second-order valence-corrected chi connectivity index (χ2v) is 7.47. The van der Waals surface area contributed by atoms with Crippen LogP contribution in [0.25, 0.3) is 0 Å². The van der Waals surface area contributed by atoms with Crippen molar-refractivity contribution >= 4 is 5.91 Å². The summed E-state index contributed by atoms with van der Waals surface area (Å²) >= 11 is 0. The molecule has 1 N–H and O–H groups in total. The first kappa shape index (κ1) is 19.6. The lowest BCUT2D eigenvalue weighted by Gasteiger charge is -2.30. The number of ether oxygens (including phenoxy) is 1. The van der Waals surface area contributed by atoms with Crippen molar-refractivity contribution in [1.82, 2.24) is 10.2 Å². The Hall–Kier alpha value is -2.17. The van der Waals surface area contributed by atoms with Crippen LogP contribution in [0.4, 0.5) is 0 Å². The molecule has 1 fully saturated rings. The van der Waals surface area contributed by atoms with Crippen molar-refractivity contribution < 1.29 is 9.53 Å². The number of nitrogens with zero attached hydrogens (tertiary/aromatic N) is 1. The Morgan fingerprint density at radius 2 is 1.89 bits per heavy atom. The number of carbonyl (C=O) groups is 1. The van der Waals surface area contributed by atoms with E-state index in [0.29, 0.717) is 25.3 Å². The molecule has 1 heterocycles. The van der Waals surface area contributed by atoms with Crippen LogP contribution in [-0.4, -0.2) is 37.0 Å². The molecule has 27 heavy (non-hydrogen) atoms. The molecule has 0 aliphatic carbocycles. The second kappa shape index (κ2) is 10.2. The monoisotopic (exact) mass is 366 g/mol. The zero-order valence-electron chi connectivity index (χ0n) is 16.2. The van der Waals surface area contributed by atoms with Crippen LogP contribution in [0.15, 0.2) is 54.6 Å². The predicted octanol–water partition coefficient (Wildman–Crippen LogP) is 3.87.